The highest BCUT2D eigenvalue weighted by Gasteiger charge is 2.09. The van der Waals surface area contributed by atoms with E-state index in [9.17, 15) is 4.79 Å². The summed E-state index contributed by atoms with van der Waals surface area (Å²) >= 11 is 0. The van der Waals surface area contributed by atoms with Gasteiger partial charge in [-0.1, -0.05) is 23.8 Å². The van der Waals surface area contributed by atoms with E-state index in [0.29, 0.717) is 17.1 Å². The molecule has 0 fully saturated rings. The SMILES string of the molecule is Cc1ccc(Nc2cnc(C(=O)Nc3cccc(C#N)c3)cn2)cc1. The summed E-state index contributed by atoms with van der Waals surface area (Å²) in [6.07, 6.45) is 2.90. The molecule has 122 valence electrons. The second kappa shape index (κ2) is 7.23. The number of nitrogens with one attached hydrogen (secondary N) is 2. The minimum Gasteiger partial charge on any atom is -0.339 e. The molecular formula is C19H15N5O. The van der Waals surface area contributed by atoms with Crippen molar-refractivity contribution in [1.29, 1.82) is 5.26 Å². The maximum atomic E-state index is 12.2. The number of hydrogen-bond acceptors (Lipinski definition) is 5. The molecule has 1 aromatic heterocycles. The van der Waals surface area contributed by atoms with Gasteiger partial charge in [-0.2, -0.15) is 5.26 Å². The van der Waals surface area contributed by atoms with Crippen LogP contribution in [0, 0.1) is 18.3 Å². The molecule has 25 heavy (non-hydrogen) atoms. The molecule has 0 atom stereocenters. The van der Waals surface area contributed by atoms with Gasteiger partial charge in [0.05, 0.1) is 24.0 Å². The molecule has 0 saturated heterocycles. The number of amides is 1. The quantitative estimate of drug-likeness (QED) is 0.762. The Bertz CT molecular complexity index is 927. The minimum absolute atomic E-state index is 0.191. The van der Waals surface area contributed by atoms with Crippen LogP contribution in [0.4, 0.5) is 17.2 Å². The van der Waals surface area contributed by atoms with Crippen molar-refractivity contribution in [3.05, 3.63) is 77.7 Å². The van der Waals surface area contributed by atoms with E-state index in [4.69, 9.17) is 5.26 Å². The Kier molecular flexibility index (Phi) is 4.67. The number of benzene rings is 2. The monoisotopic (exact) mass is 329 g/mol. The number of aromatic nitrogens is 2. The lowest BCUT2D eigenvalue weighted by Gasteiger charge is -2.07. The number of carbonyl (C=O) groups is 1. The third-order valence-corrected chi connectivity index (χ3v) is 3.46. The number of nitrogens with zero attached hydrogens (tertiary/aromatic N) is 3. The molecular weight excluding hydrogens is 314 g/mol. The van der Waals surface area contributed by atoms with Gasteiger partial charge in [0.2, 0.25) is 0 Å². The van der Waals surface area contributed by atoms with E-state index in [-0.39, 0.29) is 11.6 Å². The zero-order valence-electron chi connectivity index (χ0n) is 13.5. The average molecular weight is 329 g/mol. The maximum absolute atomic E-state index is 12.2. The van der Waals surface area contributed by atoms with E-state index in [1.807, 2.05) is 37.3 Å². The molecule has 1 amide bonds. The van der Waals surface area contributed by atoms with Crippen molar-refractivity contribution in [3.8, 4) is 6.07 Å². The summed E-state index contributed by atoms with van der Waals surface area (Å²) in [6, 6.07) is 16.6. The number of carbonyl (C=O) groups excluding carboxylic acids is 1. The van der Waals surface area contributed by atoms with Crippen molar-refractivity contribution in [1.82, 2.24) is 9.97 Å². The highest BCUT2D eigenvalue weighted by molar-refractivity contribution is 6.02. The molecule has 0 spiro atoms. The lowest BCUT2D eigenvalue weighted by Crippen LogP contribution is -2.14. The van der Waals surface area contributed by atoms with Crippen molar-refractivity contribution in [2.45, 2.75) is 6.92 Å². The summed E-state index contributed by atoms with van der Waals surface area (Å²) in [4.78, 5) is 20.5. The number of hydrogen-bond donors (Lipinski definition) is 2. The van der Waals surface area contributed by atoms with Crippen molar-refractivity contribution >= 4 is 23.1 Å². The third-order valence-electron chi connectivity index (χ3n) is 3.46. The summed E-state index contributed by atoms with van der Waals surface area (Å²) in [7, 11) is 0. The Labute approximate surface area is 145 Å². The van der Waals surface area contributed by atoms with E-state index >= 15 is 0 Å². The summed E-state index contributed by atoms with van der Waals surface area (Å²) in [6.45, 7) is 2.02. The Hall–Kier alpha value is -3.72. The molecule has 3 rings (SSSR count). The van der Waals surface area contributed by atoms with Crippen LogP contribution in [-0.4, -0.2) is 15.9 Å². The minimum atomic E-state index is -0.385. The molecule has 0 aliphatic heterocycles. The van der Waals surface area contributed by atoms with Crippen molar-refractivity contribution in [2.75, 3.05) is 10.6 Å². The van der Waals surface area contributed by atoms with Gasteiger partial charge in [-0.15, -0.1) is 0 Å². The predicted octanol–water partition coefficient (Wildman–Crippen LogP) is 3.65. The Morgan fingerprint density at radius 2 is 1.84 bits per heavy atom. The molecule has 3 aromatic rings. The van der Waals surface area contributed by atoms with Gasteiger partial charge in [0.1, 0.15) is 11.5 Å². The predicted molar refractivity (Wildman–Crippen MR) is 95.6 cm³/mol. The van der Waals surface area contributed by atoms with Crippen LogP contribution < -0.4 is 10.6 Å². The first-order valence-electron chi connectivity index (χ1n) is 7.61. The molecule has 6 nitrogen and oxygen atoms in total. The normalized spacial score (nSPS) is 9.92. The first-order valence-corrected chi connectivity index (χ1v) is 7.61. The molecule has 6 heteroatoms. The Morgan fingerprint density at radius 1 is 1.04 bits per heavy atom. The highest BCUT2D eigenvalue weighted by Crippen LogP contribution is 2.15. The molecule has 0 saturated carbocycles. The van der Waals surface area contributed by atoms with Crippen LogP contribution in [0.2, 0.25) is 0 Å². The van der Waals surface area contributed by atoms with Crippen LogP contribution in [0.1, 0.15) is 21.6 Å². The first-order chi connectivity index (χ1) is 12.1. The zero-order valence-corrected chi connectivity index (χ0v) is 13.5. The molecule has 2 aromatic carbocycles. The van der Waals surface area contributed by atoms with Crippen molar-refractivity contribution < 1.29 is 4.79 Å². The van der Waals surface area contributed by atoms with Crippen LogP contribution in [0.25, 0.3) is 0 Å². The summed E-state index contributed by atoms with van der Waals surface area (Å²) in [5, 5.41) is 14.7. The number of rotatable bonds is 4. The van der Waals surface area contributed by atoms with Crippen molar-refractivity contribution in [2.24, 2.45) is 0 Å². The van der Waals surface area contributed by atoms with Crippen LogP contribution >= 0.6 is 0 Å². The van der Waals surface area contributed by atoms with Crippen molar-refractivity contribution in [3.63, 3.8) is 0 Å². The smallest absolute Gasteiger partial charge is 0.275 e. The van der Waals surface area contributed by atoms with Gasteiger partial charge in [-0.25, -0.2) is 9.97 Å². The molecule has 0 bridgehead atoms. The average Bonchev–Trinajstić information content (AvgIpc) is 2.64. The van der Waals surface area contributed by atoms with E-state index in [0.717, 1.165) is 5.69 Å². The summed E-state index contributed by atoms with van der Waals surface area (Å²) in [5.41, 5.74) is 3.26. The van der Waals surface area contributed by atoms with Crippen LogP contribution in [0.15, 0.2) is 60.9 Å². The topological polar surface area (TPSA) is 90.7 Å². The lowest BCUT2D eigenvalue weighted by molar-refractivity contribution is 0.102. The molecule has 2 N–H and O–H groups in total. The van der Waals surface area contributed by atoms with Crippen LogP contribution in [0.5, 0.6) is 0 Å². The van der Waals surface area contributed by atoms with E-state index < -0.39 is 0 Å². The number of nitriles is 1. The number of aryl methyl sites for hydroxylation is 1. The zero-order chi connectivity index (χ0) is 17.6. The van der Waals surface area contributed by atoms with Crippen LogP contribution in [-0.2, 0) is 0 Å². The fourth-order valence-corrected chi connectivity index (χ4v) is 2.16. The second-order valence-electron chi connectivity index (χ2n) is 5.42. The van der Waals surface area contributed by atoms with Gasteiger partial charge in [0.25, 0.3) is 5.91 Å². The summed E-state index contributed by atoms with van der Waals surface area (Å²) < 4.78 is 0. The lowest BCUT2D eigenvalue weighted by atomic mass is 10.2. The van der Waals surface area contributed by atoms with E-state index in [1.54, 1.807) is 24.3 Å². The molecule has 0 aliphatic rings. The molecule has 0 aliphatic carbocycles. The fourth-order valence-electron chi connectivity index (χ4n) is 2.16. The number of anilines is 3. The van der Waals surface area contributed by atoms with Crippen LogP contribution in [0.3, 0.4) is 0 Å². The standard InChI is InChI=1S/C19H15N5O/c1-13-5-7-15(8-6-13)23-18-12-21-17(11-22-18)19(25)24-16-4-2-3-14(9-16)10-20/h2-9,11-12H,1H3,(H,22,23)(H,24,25). The van der Waals surface area contributed by atoms with Gasteiger partial charge < -0.3 is 10.6 Å². The molecule has 0 radical (unpaired) electrons. The molecule has 0 unspecified atom stereocenters. The van der Waals surface area contributed by atoms with Gasteiger partial charge in [0.15, 0.2) is 0 Å². The Balaban J connectivity index is 1.68. The Morgan fingerprint density at radius 3 is 2.52 bits per heavy atom. The largest absolute Gasteiger partial charge is 0.339 e. The summed E-state index contributed by atoms with van der Waals surface area (Å²) in [5.74, 6) is 0.163. The highest BCUT2D eigenvalue weighted by atomic mass is 16.1. The second-order valence-corrected chi connectivity index (χ2v) is 5.42. The third kappa shape index (κ3) is 4.18. The maximum Gasteiger partial charge on any atom is 0.275 e. The van der Waals surface area contributed by atoms with E-state index in [1.165, 1.54) is 18.0 Å². The van der Waals surface area contributed by atoms with Gasteiger partial charge in [-0.05, 0) is 37.3 Å². The molecule has 1 heterocycles. The van der Waals surface area contributed by atoms with Gasteiger partial charge in [-0.3, -0.25) is 4.79 Å². The fraction of sp³-hybridized carbons (Fsp3) is 0.0526. The van der Waals surface area contributed by atoms with Gasteiger partial charge >= 0.3 is 0 Å². The van der Waals surface area contributed by atoms with E-state index in [2.05, 4.69) is 20.6 Å². The van der Waals surface area contributed by atoms with Gasteiger partial charge in [0, 0.05) is 11.4 Å². The first kappa shape index (κ1) is 16.1.